The number of furan rings is 1. The van der Waals surface area contributed by atoms with Gasteiger partial charge in [0.1, 0.15) is 5.76 Å². The predicted octanol–water partition coefficient (Wildman–Crippen LogP) is 7.04. The largest absolute Gasteiger partial charge is 0.464 e. The molecule has 0 aliphatic rings. The maximum Gasteiger partial charge on any atom is 0.134 e. The fraction of sp³-hybridized carbons (Fsp3) is 0. The highest BCUT2D eigenvalue weighted by atomic mass is 35.5. The maximum absolute atomic E-state index is 6.08. The average molecular weight is 372 g/mol. The van der Waals surface area contributed by atoms with Crippen LogP contribution in [0.25, 0.3) is 33.2 Å². The molecule has 0 radical (unpaired) electrons. The highest BCUT2D eigenvalue weighted by Gasteiger charge is 2.11. The lowest BCUT2D eigenvalue weighted by Gasteiger charge is -2.07. The summed E-state index contributed by atoms with van der Waals surface area (Å²) in [5.74, 6) is 0.802. The predicted molar refractivity (Wildman–Crippen MR) is 101 cm³/mol. The standard InChI is InChI=1S/C19H11Cl2NOS/c20-14-5-3-12(4-6-14)15-10-13(17-2-1-9-23-17)11-16(22-15)18-7-8-19(21)24-18/h1-11H. The summed E-state index contributed by atoms with van der Waals surface area (Å²) in [6.07, 6.45) is 1.67. The van der Waals surface area contributed by atoms with E-state index in [1.807, 2.05) is 60.7 Å². The Morgan fingerprint density at radius 3 is 2.29 bits per heavy atom. The summed E-state index contributed by atoms with van der Waals surface area (Å²) in [6, 6.07) is 19.3. The Labute approximate surface area is 153 Å². The van der Waals surface area contributed by atoms with Gasteiger partial charge >= 0.3 is 0 Å². The van der Waals surface area contributed by atoms with E-state index in [1.54, 1.807) is 6.26 Å². The molecule has 0 spiro atoms. The first-order chi connectivity index (χ1) is 11.7. The van der Waals surface area contributed by atoms with Gasteiger partial charge in [-0.05, 0) is 48.5 Å². The van der Waals surface area contributed by atoms with Crippen molar-refractivity contribution < 1.29 is 4.42 Å². The maximum atomic E-state index is 6.08. The van der Waals surface area contributed by atoms with Crippen molar-refractivity contribution in [3.05, 3.63) is 76.3 Å². The quantitative estimate of drug-likeness (QED) is 0.385. The van der Waals surface area contributed by atoms with Gasteiger partial charge < -0.3 is 4.42 Å². The molecule has 5 heteroatoms. The van der Waals surface area contributed by atoms with E-state index in [-0.39, 0.29) is 0 Å². The minimum absolute atomic E-state index is 0.700. The van der Waals surface area contributed by atoms with Crippen LogP contribution in [-0.2, 0) is 0 Å². The Hall–Kier alpha value is -2.07. The number of halogens is 2. The van der Waals surface area contributed by atoms with E-state index in [2.05, 4.69) is 0 Å². The number of thiophene rings is 1. The smallest absolute Gasteiger partial charge is 0.134 e. The molecule has 0 amide bonds. The van der Waals surface area contributed by atoms with E-state index < -0.39 is 0 Å². The zero-order chi connectivity index (χ0) is 16.5. The molecule has 0 unspecified atom stereocenters. The highest BCUT2D eigenvalue weighted by Crippen LogP contribution is 2.35. The van der Waals surface area contributed by atoms with E-state index >= 15 is 0 Å². The zero-order valence-corrected chi connectivity index (χ0v) is 14.7. The van der Waals surface area contributed by atoms with Crippen LogP contribution >= 0.6 is 34.5 Å². The van der Waals surface area contributed by atoms with E-state index in [1.165, 1.54) is 11.3 Å². The van der Waals surface area contributed by atoms with E-state index in [4.69, 9.17) is 32.6 Å². The van der Waals surface area contributed by atoms with Gasteiger partial charge in [-0.1, -0.05) is 35.3 Å². The SMILES string of the molecule is Clc1ccc(-c2cc(-c3ccco3)cc(-c3ccc(Cl)s3)n2)cc1. The number of hydrogen-bond donors (Lipinski definition) is 0. The van der Waals surface area contributed by atoms with Crippen molar-refractivity contribution in [1.82, 2.24) is 4.98 Å². The van der Waals surface area contributed by atoms with Gasteiger partial charge in [0, 0.05) is 16.1 Å². The molecule has 0 atom stereocenters. The molecule has 3 heterocycles. The van der Waals surface area contributed by atoms with Crippen LogP contribution in [0.3, 0.4) is 0 Å². The molecule has 4 aromatic rings. The zero-order valence-electron chi connectivity index (χ0n) is 12.4. The Morgan fingerprint density at radius 2 is 1.62 bits per heavy atom. The van der Waals surface area contributed by atoms with E-state index in [9.17, 15) is 0 Å². The Kier molecular flexibility index (Phi) is 4.15. The monoisotopic (exact) mass is 371 g/mol. The van der Waals surface area contributed by atoms with Gasteiger partial charge in [0.2, 0.25) is 0 Å². The van der Waals surface area contributed by atoms with Gasteiger partial charge in [-0.2, -0.15) is 0 Å². The normalized spacial score (nSPS) is 10.9. The molecular weight excluding hydrogens is 361 g/mol. The second kappa shape index (κ2) is 6.44. The first kappa shape index (κ1) is 15.5. The second-order valence-corrected chi connectivity index (χ2v) is 7.37. The average Bonchev–Trinajstić information content (AvgIpc) is 3.27. The van der Waals surface area contributed by atoms with Crippen molar-refractivity contribution >= 4 is 34.5 Å². The summed E-state index contributed by atoms with van der Waals surface area (Å²) in [5, 5.41) is 0.700. The topological polar surface area (TPSA) is 26.0 Å². The van der Waals surface area contributed by atoms with E-state index in [0.717, 1.165) is 37.5 Å². The molecule has 0 bridgehead atoms. The van der Waals surface area contributed by atoms with Crippen molar-refractivity contribution in [2.45, 2.75) is 0 Å². The number of aromatic nitrogens is 1. The number of benzene rings is 1. The fourth-order valence-corrected chi connectivity index (χ4v) is 3.59. The minimum atomic E-state index is 0.700. The second-order valence-electron chi connectivity index (χ2n) is 5.21. The lowest BCUT2D eigenvalue weighted by Crippen LogP contribution is -1.89. The molecule has 0 aliphatic carbocycles. The third-order valence-corrected chi connectivity index (χ3v) is 5.10. The molecule has 0 aliphatic heterocycles. The summed E-state index contributed by atoms with van der Waals surface area (Å²) in [5.41, 5.74) is 3.70. The summed E-state index contributed by atoms with van der Waals surface area (Å²) < 4.78 is 6.29. The van der Waals surface area contributed by atoms with Gasteiger partial charge in [0.15, 0.2) is 0 Å². The molecule has 2 nitrogen and oxygen atoms in total. The van der Waals surface area contributed by atoms with Crippen LogP contribution in [0.2, 0.25) is 9.36 Å². The number of rotatable bonds is 3. The van der Waals surface area contributed by atoms with Crippen LogP contribution in [-0.4, -0.2) is 4.98 Å². The van der Waals surface area contributed by atoms with Crippen LogP contribution < -0.4 is 0 Å². The van der Waals surface area contributed by atoms with Gasteiger partial charge in [-0.3, -0.25) is 0 Å². The van der Waals surface area contributed by atoms with Crippen molar-refractivity contribution in [2.75, 3.05) is 0 Å². The number of pyridine rings is 1. The van der Waals surface area contributed by atoms with Gasteiger partial charge in [0.05, 0.1) is 26.9 Å². The Balaban J connectivity index is 1.89. The Morgan fingerprint density at radius 1 is 0.833 bits per heavy atom. The molecule has 1 aromatic carbocycles. The molecule has 0 N–H and O–H groups in total. The first-order valence-corrected chi connectivity index (χ1v) is 8.84. The third kappa shape index (κ3) is 3.11. The van der Waals surface area contributed by atoms with Crippen LogP contribution in [0.1, 0.15) is 0 Å². The van der Waals surface area contributed by atoms with Gasteiger partial charge in [-0.15, -0.1) is 11.3 Å². The molecule has 0 fully saturated rings. The third-order valence-electron chi connectivity index (χ3n) is 3.60. The van der Waals surface area contributed by atoms with Gasteiger partial charge in [0.25, 0.3) is 0 Å². The molecule has 118 valence electrons. The summed E-state index contributed by atoms with van der Waals surface area (Å²) in [7, 11) is 0. The van der Waals surface area contributed by atoms with Crippen molar-refractivity contribution in [2.24, 2.45) is 0 Å². The molecule has 4 rings (SSSR count). The van der Waals surface area contributed by atoms with Crippen molar-refractivity contribution in [1.29, 1.82) is 0 Å². The Bertz CT molecular complexity index is 975. The van der Waals surface area contributed by atoms with Crippen molar-refractivity contribution in [3.8, 4) is 33.2 Å². The summed E-state index contributed by atoms with van der Waals surface area (Å²) in [6.45, 7) is 0. The lowest BCUT2D eigenvalue weighted by atomic mass is 10.1. The molecular formula is C19H11Cl2NOS. The minimum Gasteiger partial charge on any atom is -0.464 e. The molecule has 0 saturated carbocycles. The van der Waals surface area contributed by atoms with Crippen LogP contribution in [0.15, 0.2) is 71.3 Å². The number of hydrogen-bond acceptors (Lipinski definition) is 3. The first-order valence-electron chi connectivity index (χ1n) is 7.27. The van der Waals surface area contributed by atoms with Crippen LogP contribution in [0, 0.1) is 0 Å². The van der Waals surface area contributed by atoms with Gasteiger partial charge in [-0.25, -0.2) is 4.98 Å². The molecule has 3 aromatic heterocycles. The van der Waals surface area contributed by atoms with E-state index in [0.29, 0.717) is 5.02 Å². The summed E-state index contributed by atoms with van der Waals surface area (Å²) >= 11 is 13.6. The van der Waals surface area contributed by atoms with Crippen molar-refractivity contribution in [3.63, 3.8) is 0 Å². The molecule has 0 saturated heterocycles. The van der Waals surface area contributed by atoms with Crippen LogP contribution in [0.5, 0.6) is 0 Å². The number of nitrogens with zero attached hydrogens (tertiary/aromatic N) is 1. The summed E-state index contributed by atoms with van der Waals surface area (Å²) in [4.78, 5) is 5.81. The molecule has 24 heavy (non-hydrogen) atoms. The fourth-order valence-electron chi connectivity index (χ4n) is 2.46. The highest BCUT2D eigenvalue weighted by molar-refractivity contribution is 7.19. The lowest BCUT2D eigenvalue weighted by molar-refractivity contribution is 0.582. The van der Waals surface area contributed by atoms with Crippen LogP contribution in [0.4, 0.5) is 0 Å².